The zero-order chi connectivity index (χ0) is 14.8. The molecule has 0 bridgehead atoms. The van der Waals surface area contributed by atoms with E-state index in [4.69, 9.17) is 9.47 Å². The van der Waals surface area contributed by atoms with Crippen LogP contribution in [0, 0.1) is 11.3 Å². The van der Waals surface area contributed by atoms with Crippen molar-refractivity contribution < 1.29 is 9.47 Å². The van der Waals surface area contributed by atoms with E-state index < -0.39 is 0 Å². The van der Waals surface area contributed by atoms with Crippen molar-refractivity contribution in [3.8, 4) is 17.6 Å². The number of hydrogen-bond acceptors (Lipinski definition) is 3. The molecule has 3 rings (SSSR count). The summed E-state index contributed by atoms with van der Waals surface area (Å²) in [7, 11) is 0. The van der Waals surface area contributed by atoms with Gasteiger partial charge in [-0.25, -0.2) is 0 Å². The molecule has 0 amide bonds. The van der Waals surface area contributed by atoms with Crippen molar-refractivity contribution in [1.29, 1.82) is 5.26 Å². The Morgan fingerprint density at radius 3 is 2.48 bits per heavy atom. The number of hydrogen-bond donors (Lipinski definition) is 0. The predicted octanol–water partition coefficient (Wildman–Crippen LogP) is 5.00. The van der Waals surface area contributed by atoms with Crippen molar-refractivity contribution >= 4 is 43.5 Å². The Hall–Kier alpha value is -1.77. The second-order valence-electron chi connectivity index (χ2n) is 4.44. The summed E-state index contributed by atoms with van der Waals surface area (Å²) in [6, 6.07) is 13.6. The Bertz CT molecular complexity index is 758. The highest BCUT2D eigenvalue weighted by Crippen LogP contribution is 2.35. The van der Waals surface area contributed by atoms with Crippen LogP contribution in [0.25, 0.3) is 11.6 Å². The number of fused-ring (bicyclic) bond motifs is 1. The van der Waals surface area contributed by atoms with Gasteiger partial charge in [-0.05, 0) is 53.6 Å². The Morgan fingerprint density at radius 1 is 1.05 bits per heavy atom. The minimum absolute atomic E-state index is 0.225. The van der Waals surface area contributed by atoms with E-state index >= 15 is 0 Å². The molecule has 0 unspecified atom stereocenters. The largest absolute Gasteiger partial charge is 0.454 e. The molecule has 3 nitrogen and oxygen atoms in total. The highest BCUT2D eigenvalue weighted by molar-refractivity contribution is 9.11. The molecule has 5 heteroatoms. The second kappa shape index (κ2) is 5.92. The van der Waals surface area contributed by atoms with Crippen LogP contribution in [0.15, 0.2) is 45.3 Å². The van der Waals surface area contributed by atoms with E-state index in [2.05, 4.69) is 37.9 Å². The lowest BCUT2D eigenvalue weighted by Gasteiger charge is -2.03. The van der Waals surface area contributed by atoms with E-state index in [-0.39, 0.29) is 6.79 Å². The normalized spacial score (nSPS) is 13.1. The summed E-state index contributed by atoms with van der Waals surface area (Å²) in [6.07, 6.45) is 1.84. The first kappa shape index (κ1) is 14.2. The number of rotatable bonds is 2. The summed E-state index contributed by atoms with van der Waals surface area (Å²) in [5.41, 5.74) is 2.31. The zero-order valence-corrected chi connectivity index (χ0v) is 13.9. The molecule has 1 aliphatic rings. The van der Waals surface area contributed by atoms with Crippen molar-refractivity contribution in [3.63, 3.8) is 0 Å². The number of benzene rings is 2. The minimum atomic E-state index is 0.225. The highest BCUT2D eigenvalue weighted by Gasteiger charge is 2.14. The average molecular weight is 407 g/mol. The van der Waals surface area contributed by atoms with Gasteiger partial charge in [0, 0.05) is 8.95 Å². The summed E-state index contributed by atoms with van der Waals surface area (Å²) in [5, 5.41) is 9.41. The van der Waals surface area contributed by atoms with Crippen LogP contribution < -0.4 is 9.47 Å². The lowest BCUT2D eigenvalue weighted by atomic mass is 10.0. The first-order valence-corrected chi connectivity index (χ1v) is 7.72. The van der Waals surface area contributed by atoms with Crippen molar-refractivity contribution in [2.75, 3.05) is 6.79 Å². The summed E-state index contributed by atoms with van der Waals surface area (Å²) in [4.78, 5) is 0. The predicted molar refractivity (Wildman–Crippen MR) is 87.9 cm³/mol. The van der Waals surface area contributed by atoms with E-state index in [1.165, 1.54) is 0 Å². The highest BCUT2D eigenvalue weighted by atomic mass is 79.9. The Labute approximate surface area is 139 Å². The molecular weight excluding hydrogens is 398 g/mol. The molecule has 21 heavy (non-hydrogen) atoms. The minimum Gasteiger partial charge on any atom is -0.454 e. The van der Waals surface area contributed by atoms with Crippen molar-refractivity contribution in [2.24, 2.45) is 0 Å². The standard InChI is InChI=1S/C16H9Br2NO2/c17-13-4-10(5-14(18)7-13)3-12(8-19)11-1-2-15-16(6-11)21-9-20-15/h1-7H,9H2/b12-3+. The molecule has 0 aliphatic carbocycles. The maximum absolute atomic E-state index is 9.41. The molecule has 1 heterocycles. The fourth-order valence-electron chi connectivity index (χ4n) is 2.07. The van der Waals surface area contributed by atoms with Gasteiger partial charge in [-0.2, -0.15) is 5.26 Å². The van der Waals surface area contributed by atoms with Crippen molar-refractivity contribution in [2.45, 2.75) is 0 Å². The molecule has 0 saturated heterocycles. The molecule has 0 radical (unpaired) electrons. The average Bonchev–Trinajstić information content (AvgIpc) is 2.91. The van der Waals surface area contributed by atoms with Gasteiger partial charge in [-0.1, -0.05) is 31.9 Å². The van der Waals surface area contributed by atoms with Crippen molar-refractivity contribution in [3.05, 3.63) is 56.5 Å². The van der Waals surface area contributed by atoms with Gasteiger partial charge in [0.1, 0.15) is 0 Å². The number of halogens is 2. The van der Waals surface area contributed by atoms with Crippen LogP contribution in [0.4, 0.5) is 0 Å². The van der Waals surface area contributed by atoms with Crippen LogP contribution in [0.2, 0.25) is 0 Å². The van der Waals surface area contributed by atoms with Crippen LogP contribution >= 0.6 is 31.9 Å². The Kier molecular flexibility index (Phi) is 4.00. The Balaban J connectivity index is 2.02. The van der Waals surface area contributed by atoms with Gasteiger partial charge in [-0.15, -0.1) is 0 Å². The van der Waals surface area contributed by atoms with E-state index in [1.54, 1.807) is 0 Å². The molecule has 0 spiro atoms. The molecule has 0 atom stereocenters. The molecule has 0 N–H and O–H groups in total. The van der Waals surface area contributed by atoms with Gasteiger partial charge in [0.05, 0.1) is 11.6 Å². The smallest absolute Gasteiger partial charge is 0.231 e. The molecular formula is C16H9Br2NO2. The van der Waals surface area contributed by atoms with Crippen LogP contribution in [-0.2, 0) is 0 Å². The van der Waals surface area contributed by atoms with Gasteiger partial charge >= 0.3 is 0 Å². The van der Waals surface area contributed by atoms with Gasteiger partial charge in [0.15, 0.2) is 11.5 Å². The van der Waals surface area contributed by atoms with Gasteiger partial charge in [0.2, 0.25) is 6.79 Å². The maximum atomic E-state index is 9.41. The molecule has 1 aliphatic heterocycles. The van der Waals surface area contributed by atoms with Crippen LogP contribution in [-0.4, -0.2) is 6.79 Å². The summed E-state index contributed by atoms with van der Waals surface area (Å²) in [6.45, 7) is 0.225. The monoisotopic (exact) mass is 405 g/mol. The maximum Gasteiger partial charge on any atom is 0.231 e. The molecule has 2 aromatic carbocycles. The molecule has 104 valence electrons. The first-order chi connectivity index (χ1) is 10.2. The molecule has 0 saturated carbocycles. The van der Waals surface area contributed by atoms with E-state index in [0.29, 0.717) is 17.1 Å². The molecule has 0 fully saturated rings. The van der Waals surface area contributed by atoms with E-state index in [9.17, 15) is 5.26 Å². The quantitative estimate of drug-likeness (QED) is 0.520. The van der Waals surface area contributed by atoms with Crippen LogP contribution in [0.3, 0.4) is 0 Å². The van der Waals surface area contributed by atoms with Gasteiger partial charge in [0.25, 0.3) is 0 Å². The third-order valence-electron chi connectivity index (χ3n) is 3.00. The first-order valence-electron chi connectivity index (χ1n) is 6.13. The summed E-state index contributed by atoms with van der Waals surface area (Å²) in [5.74, 6) is 1.38. The summed E-state index contributed by atoms with van der Waals surface area (Å²) < 4.78 is 12.5. The summed E-state index contributed by atoms with van der Waals surface area (Å²) >= 11 is 6.89. The fourth-order valence-corrected chi connectivity index (χ4v) is 3.40. The van der Waals surface area contributed by atoms with E-state index in [1.807, 2.05) is 42.5 Å². The van der Waals surface area contributed by atoms with E-state index in [0.717, 1.165) is 20.1 Å². The zero-order valence-electron chi connectivity index (χ0n) is 10.8. The topological polar surface area (TPSA) is 42.2 Å². The third kappa shape index (κ3) is 3.12. The SMILES string of the molecule is N#C/C(=C\c1cc(Br)cc(Br)c1)c1ccc2c(c1)OCO2. The number of ether oxygens (including phenoxy) is 2. The second-order valence-corrected chi connectivity index (χ2v) is 6.27. The molecule has 0 aromatic heterocycles. The number of allylic oxidation sites excluding steroid dienone is 1. The van der Waals surface area contributed by atoms with Gasteiger partial charge < -0.3 is 9.47 Å². The van der Waals surface area contributed by atoms with Crippen LogP contribution in [0.1, 0.15) is 11.1 Å². The van der Waals surface area contributed by atoms with Crippen molar-refractivity contribution in [1.82, 2.24) is 0 Å². The van der Waals surface area contributed by atoms with Crippen LogP contribution in [0.5, 0.6) is 11.5 Å². The lowest BCUT2D eigenvalue weighted by molar-refractivity contribution is 0.174. The number of nitrogens with zero attached hydrogens (tertiary/aromatic N) is 1. The third-order valence-corrected chi connectivity index (χ3v) is 3.92. The Morgan fingerprint density at radius 2 is 1.76 bits per heavy atom. The molecule has 2 aromatic rings. The fraction of sp³-hybridized carbons (Fsp3) is 0.0625. The van der Waals surface area contributed by atoms with Gasteiger partial charge in [-0.3, -0.25) is 0 Å². The number of nitriles is 1. The lowest BCUT2D eigenvalue weighted by Crippen LogP contribution is -1.92.